The summed E-state index contributed by atoms with van der Waals surface area (Å²) in [6.45, 7) is 5.92. The first-order valence-corrected chi connectivity index (χ1v) is 8.44. The van der Waals surface area contributed by atoms with Crippen LogP contribution in [0.15, 0.2) is 24.3 Å². The zero-order valence-corrected chi connectivity index (χ0v) is 14.4. The molecule has 0 bridgehead atoms. The molecule has 24 heavy (non-hydrogen) atoms. The Bertz CT molecular complexity index is 650. The number of nitrogens with zero attached hydrogens (tertiary/aromatic N) is 1. The number of esters is 1. The number of hydrogen-bond donors (Lipinski definition) is 1. The van der Waals surface area contributed by atoms with Crippen molar-refractivity contribution in [3.05, 3.63) is 35.4 Å². The van der Waals surface area contributed by atoms with Gasteiger partial charge in [-0.3, -0.25) is 4.79 Å². The van der Waals surface area contributed by atoms with E-state index in [1.807, 2.05) is 6.07 Å². The van der Waals surface area contributed by atoms with Crippen molar-refractivity contribution in [1.29, 1.82) is 5.26 Å². The zero-order valence-electron chi connectivity index (χ0n) is 14.4. The Morgan fingerprint density at radius 3 is 2.79 bits per heavy atom. The van der Waals surface area contributed by atoms with Crippen LogP contribution in [0.25, 0.3) is 0 Å². The number of carbonyl (C=O) groups is 2. The summed E-state index contributed by atoms with van der Waals surface area (Å²) in [5.74, 6) is 0.124. The number of ether oxygens (including phenoxy) is 1. The van der Waals surface area contributed by atoms with Crippen molar-refractivity contribution in [3.63, 3.8) is 0 Å². The Labute approximate surface area is 143 Å². The molecule has 0 radical (unpaired) electrons. The van der Waals surface area contributed by atoms with Gasteiger partial charge in [-0.15, -0.1) is 0 Å². The molecular weight excluding hydrogens is 304 g/mol. The molecule has 0 aliphatic heterocycles. The third-order valence-corrected chi connectivity index (χ3v) is 4.91. The van der Waals surface area contributed by atoms with Crippen molar-refractivity contribution in [1.82, 2.24) is 5.32 Å². The van der Waals surface area contributed by atoms with E-state index in [0.29, 0.717) is 17.4 Å². The number of carbonyl (C=O) groups excluding carboxylic acids is 2. The third-order valence-electron chi connectivity index (χ3n) is 4.91. The largest absolute Gasteiger partial charge is 0.449 e. The van der Waals surface area contributed by atoms with Crippen molar-refractivity contribution in [2.75, 3.05) is 0 Å². The minimum Gasteiger partial charge on any atom is -0.449 e. The van der Waals surface area contributed by atoms with Crippen LogP contribution in [-0.2, 0) is 9.53 Å². The van der Waals surface area contributed by atoms with Crippen LogP contribution in [0.4, 0.5) is 0 Å². The summed E-state index contributed by atoms with van der Waals surface area (Å²) < 4.78 is 5.24. The SMILES string of the molecule is C[C@@H]1[C@@H](C)CCC[C@H]1NC(=O)[C@@H](C)OC(=O)c1cccc(C#N)c1. The highest BCUT2D eigenvalue weighted by atomic mass is 16.5. The predicted molar refractivity (Wildman–Crippen MR) is 90.1 cm³/mol. The van der Waals surface area contributed by atoms with E-state index >= 15 is 0 Å². The maximum Gasteiger partial charge on any atom is 0.338 e. The molecule has 0 saturated heterocycles. The van der Waals surface area contributed by atoms with Crippen LogP contribution in [0.3, 0.4) is 0 Å². The lowest BCUT2D eigenvalue weighted by Gasteiger charge is -2.35. The summed E-state index contributed by atoms with van der Waals surface area (Å²) in [6, 6.07) is 8.35. The molecule has 1 aromatic rings. The van der Waals surface area contributed by atoms with E-state index in [1.54, 1.807) is 25.1 Å². The average Bonchev–Trinajstić information content (AvgIpc) is 2.58. The molecular formula is C19H24N2O3. The van der Waals surface area contributed by atoms with Gasteiger partial charge in [0.2, 0.25) is 0 Å². The van der Waals surface area contributed by atoms with E-state index < -0.39 is 12.1 Å². The van der Waals surface area contributed by atoms with E-state index in [0.717, 1.165) is 12.8 Å². The number of nitrogens with one attached hydrogen (secondary N) is 1. The molecule has 5 heteroatoms. The molecule has 1 N–H and O–H groups in total. The van der Waals surface area contributed by atoms with E-state index in [-0.39, 0.29) is 17.5 Å². The molecule has 0 unspecified atom stereocenters. The van der Waals surface area contributed by atoms with Crippen LogP contribution < -0.4 is 5.32 Å². The van der Waals surface area contributed by atoms with Crippen LogP contribution >= 0.6 is 0 Å². The second kappa shape index (κ2) is 7.96. The van der Waals surface area contributed by atoms with Crippen molar-refractivity contribution < 1.29 is 14.3 Å². The van der Waals surface area contributed by atoms with E-state index in [4.69, 9.17) is 10.00 Å². The zero-order chi connectivity index (χ0) is 17.7. The van der Waals surface area contributed by atoms with Gasteiger partial charge in [0.1, 0.15) is 0 Å². The molecule has 2 rings (SSSR count). The van der Waals surface area contributed by atoms with E-state index in [9.17, 15) is 9.59 Å². The normalized spacial score (nSPS) is 24.5. The Hall–Kier alpha value is -2.35. The molecule has 5 nitrogen and oxygen atoms in total. The van der Waals surface area contributed by atoms with Gasteiger partial charge >= 0.3 is 5.97 Å². The lowest BCUT2D eigenvalue weighted by atomic mass is 9.78. The molecule has 4 atom stereocenters. The van der Waals surface area contributed by atoms with Gasteiger partial charge in [0.15, 0.2) is 6.10 Å². The molecule has 1 aromatic carbocycles. The first kappa shape index (κ1) is 18.0. The fourth-order valence-electron chi connectivity index (χ4n) is 3.08. The average molecular weight is 328 g/mol. The maximum absolute atomic E-state index is 12.3. The molecule has 128 valence electrons. The number of benzene rings is 1. The van der Waals surface area contributed by atoms with E-state index in [2.05, 4.69) is 19.2 Å². The summed E-state index contributed by atoms with van der Waals surface area (Å²) in [5.41, 5.74) is 0.653. The second-order valence-electron chi connectivity index (χ2n) is 6.62. The summed E-state index contributed by atoms with van der Waals surface area (Å²) in [5, 5.41) is 11.9. The number of nitriles is 1. The van der Waals surface area contributed by atoms with E-state index in [1.165, 1.54) is 12.5 Å². The van der Waals surface area contributed by atoms with Crippen LogP contribution in [0, 0.1) is 23.2 Å². The highest BCUT2D eigenvalue weighted by Crippen LogP contribution is 2.29. The van der Waals surface area contributed by atoms with Gasteiger partial charge in [-0.05, 0) is 43.4 Å². The molecule has 1 aliphatic rings. The number of amides is 1. The van der Waals surface area contributed by atoms with Gasteiger partial charge in [0.25, 0.3) is 5.91 Å². The first-order valence-electron chi connectivity index (χ1n) is 8.44. The van der Waals surface area contributed by atoms with Crippen LogP contribution in [0.2, 0.25) is 0 Å². The van der Waals surface area contributed by atoms with Crippen LogP contribution in [-0.4, -0.2) is 24.0 Å². The lowest BCUT2D eigenvalue weighted by Crippen LogP contribution is -2.47. The van der Waals surface area contributed by atoms with Crippen molar-refractivity contribution in [3.8, 4) is 6.07 Å². The Morgan fingerprint density at radius 2 is 2.08 bits per heavy atom. The summed E-state index contributed by atoms with van der Waals surface area (Å²) in [4.78, 5) is 24.4. The topological polar surface area (TPSA) is 79.2 Å². The number of rotatable bonds is 4. The van der Waals surface area contributed by atoms with Gasteiger partial charge in [-0.25, -0.2) is 4.79 Å². The quantitative estimate of drug-likeness (QED) is 0.862. The fraction of sp³-hybridized carbons (Fsp3) is 0.526. The molecule has 1 amide bonds. The van der Waals surface area contributed by atoms with Crippen molar-refractivity contribution in [2.45, 2.75) is 52.2 Å². The third kappa shape index (κ3) is 4.35. The second-order valence-corrected chi connectivity index (χ2v) is 6.62. The molecule has 1 saturated carbocycles. The minimum atomic E-state index is -0.868. The van der Waals surface area contributed by atoms with Gasteiger partial charge in [-0.2, -0.15) is 5.26 Å². The fourth-order valence-corrected chi connectivity index (χ4v) is 3.08. The van der Waals surface area contributed by atoms with Crippen molar-refractivity contribution in [2.24, 2.45) is 11.8 Å². The Balaban J connectivity index is 1.93. The van der Waals surface area contributed by atoms with Gasteiger partial charge < -0.3 is 10.1 Å². The highest BCUT2D eigenvalue weighted by Gasteiger charge is 2.30. The van der Waals surface area contributed by atoms with Gasteiger partial charge in [0, 0.05) is 6.04 Å². The smallest absolute Gasteiger partial charge is 0.338 e. The molecule has 1 aliphatic carbocycles. The minimum absolute atomic E-state index is 0.129. The summed E-state index contributed by atoms with van der Waals surface area (Å²) in [6.07, 6.45) is 2.38. The lowest BCUT2D eigenvalue weighted by molar-refractivity contribution is -0.130. The molecule has 0 aromatic heterocycles. The monoisotopic (exact) mass is 328 g/mol. The molecule has 0 heterocycles. The van der Waals surface area contributed by atoms with Crippen LogP contribution in [0.5, 0.6) is 0 Å². The highest BCUT2D eigenvalue weighted by molar-refractivity contribution is 5.92. The Morgan fingerprint density at radius 1 is 1.33 bits per heavy atom. The molecule has 1 fully saturated rings. The van der Waals surface area contributed by atoms with Crippen LogP contribution in [0.1, 0.15) is 56.0 Å². The predicted octanol–water partition coefficient (Wildman–Crippen LogP) is 3.04. The Kier molecular flexibility index (Phi) is 5.97. The van der Waals surface area contributed by atoms with Crippen molar-refractivity contribution >= 4 is 11.9 Å². The maximum atomic E-state index is 12.3. The number of hydrogen-bond acceptors (Lipinski definition) is 4. The molecule has 0 spiro atoms. The van der Waals surface area contributed by atoms with Gasteiger partial charge in [0.05, 0.1) is 17.2 Å². The van der Waals surface area contributed by atoms with Gasteiger partial charge in [-0.1, -0.05) is 32.8 Å². The standard InChI is InChI=1S/C19H24N2O3/c1-12-6-4-9-17(13(12)2)21-18(22)14(3)24-19(23)16-8-5-7-15(10-16)11-20/h5,7-8,10,12-14,17H,4,6,9H2,1-3H3,(H,21,22)/t12-,13+,14+,17+/m0/s1. The first-order chi connectivity index (χ1) is 11.4. The summed E-state index contributed by atoms with van der Waals surface area (Å²) >= 11 is 0. The summed E-state index contributed by atoms with van der Waals surface area (Å²) in [7, 11) is 0.